The van der Waals surface area contributed by atoms with Crippen LogP contribution in [0.3, 0.4) is 0 Å². The number of hydrogen-bond acceptors (Lipinski definition) is 3. The molecule has 100 valence electrons. The zero-order chi connectivity index (χ0) is 13.5. The number of aliphatic hydroxyl groups excluding tert-OH is 1. The van der Waals surface area contributed by atoms with Crippen LogP contribution in [0.5, 0.6) is 0 Å². The first-order valence-corrected chi connectivity index (χ1v) is 8.45. The van der Waals surface area contributed by atoms with E-state index in [1.165, 1.54) is 4.31 Å². The second kappa shape index (κ2) is 5.20. The van der Waals surface area contributed by atoms with E-state index in [1.807, 2.05) is 6.92 Å². The number of hydrogen-bond donors (Lipinski definition) is 1. The second-order valence-electron chi connectivity index (χ2n) is 4.40. The molecule has 1 N–H and O–H groups in total. The highest BCUT2D eigenvalue weighted by atomic mass is 79.9. The first kappa shape index (κ1) is 14.5. The second-order valence-corrected chi connectivity index (χ2v) is 8.02. The Labute approximate surface area is 123 Å². The lowest BCUT2D eigenvalue weighted by Gasteiger charge is -2.37. The Balaban J connectivity index is 2.34. The molecular formula is C11H13Br2NO3S. The molecule has 0 unspecified atom stereocenters. The van der Waals surface area contributed by atoms with Crippen LogP contribution in [0.25, 0.3) is 0 Å². The summed E-state index contributed by atoms with van der Waals surface area (Å²) in [6.07, 6.45) is 0. The molecule has 1 fully saturated rings. The molecule has 0 atom stereocenters. The van der Waals surface area contributed by atoms with E-state index >= 15 is 0 Å². The summed E-state index contributed by atoms with van der Waals surface area (Å²) in [5.74, 6) is 0.0624. The number of aliphatic hydroxyl groups is 1. The third kappa shape index (κ3) is 2.51. The highest BCUT2D eigenvalue weighted by Gasteiger charge is 2.37. The van der Waals surface area contributed by atoms with Gasteiger partial charge in [0.15, 0.2) is 0 Å². The maximum absolute atomic E-state index is 12.4. The largest absolute Gasteiger partial charge is 0.396 e. The molecular weight excluding hydrogens is 386 g/mol. The van der Waals surface area contributed by atoms with Crippen molar-refractivity contribution in [3.63, 3.8) is 0 Å². The van der Waals surface area contributed by atoms with Crippen molar-refractivity contribution < 1.29 is 13.5 Å². The number of aryl methyl sites for hydroxylation is 1. The van der Waals surface area contributed by atoms with Crippen molar-refractivity contribution in [3.8, 4) is 0 Å². The molecule has 0 radical (unpaired) electrons. The minimum Gasteiger partial charge on any atom is -0.396 e. The van der Waals surface area contributed by atoms with Gasteiger partial charge in [0.1, 0.15) is 0 Å². The van der Waals surface area contributed by atoms with E-state index in [1.54, 1.807) is 12.1 Å². The maximum Gasteiger partial charge on any atom is 0.244 e. The molecule has 0 aliphatic carbocycles. The number of nitrogens with zero attached hydrogens (tertiary/aromatic N) is 1. The van der Waals surface area contributed by atoms with Crippen LogP contribution >= 0.6 is 31.9 Å². The van der Waals surface area contributed by atoms with Crippen molar-refractivity contribution >= 4 is 41.9 Å². The van der Waals surface area contributed by atoms with E-state index in [0.717, 1.165) is 10.0 Å². The van der Waals surface area contributed by atoms with Crippen LogP contribution in [-0.4, -0.2) is 37.5 Å². The predicted molar refractivity (Wildman–Crippen MR) is 75.9 cm³/mol. The molecule has 1 aliphatic rings. The average molecular weight is 399 g/mol. The first-order chi connectivity index (χ1) is 8.36. The number of rotatable bonds is 3. The lowest BCUT2D eigenvalue weighted by atomic mass is 10.1. The zero-order valence-electron chi connectivity index (χ0n) is 9.73. The van der Waals surface area contributed by atoms with Crippen molar-refractivity contribution in [2.24, 2.45) is 5.92 Å². The fourth-order valence-electron chi connectivity index (χ4n) is 1.80. The van der Waals surface area contributed by atoms with E-state index in [-0.39, 0.29) is 17.4 Å². The minimum atomic E-state index is -3.47. The highest BCUT2D eigenvalue weighted by Crippen LogP contribution is 2.33. The standard InChI is InChI=1S/C11H13Br2NO3S/c1-7-2-10(13)11(3-9(7)12)18(16,17)14-4-8(5-14)6-15/h2-3,8,15H,4-6H2,1H3. The smallest absolute Gasteiger partial charge is 0.244 e. The van der Waals surface area contributed by atoms with Gasteiger partial charge in [-0.15, -0.1) is 0 Å². The predicted octanol–water partition coefficient (Wildman–Crippen LogP) is 2.13. The third-order valence-corrected chi connectivity index (χ3v) is 6.66. The van der Waals surface area contributed by atoms with Gasteiger partial charge in [-0.1, -0.05) is 15.9 Å². The van der Waals surface area contributed by atoms with E-state index < -0.39 is 10.0 Å². The van der Waals surface area contributed by atoms with Gasteiger partial charge in [-0.3, -0.25) is 0 Å². The van der Waals surface area contributed by atoms with Gasteiger partial charge in [0.2, 0.25) is 10.0 Å². The monoisotopic (exact) mass is 397 g/mol. The van der Waals surface area contributed by atoms with Crippen LogP contribution in [0.2, 0.25) is 0 Å². The summed E-state index contributed by atoms with van der Waals surface area (Å²) in [5.41, 5.74) is 0.970. The van der Waals surface area contributed by atoms with Crippen molar-refractivity contribution in [3.05, 3.63) is 26.6 Å². The highest BCUT2D eigenvalue weighted by molar-refractivity contribution is 9.11. The van der Waals surface area contributed by atoms with Gasteiger partial charge < -0.3 is 5.11 Å². The molecule has 1 aromatic carbocycles. The van der Waals surface area contributed by atoms with Gasteiger partial charge in [0, 0.05) is 34.6 Å². The number of sulfonamides is 1. The van der Waals surface area contributed by atoms with Crippen LogP contribution in [0.15, 0.2) is 26.0 Å². The molecule has 7 heteroatoms. The molecule has 1 aromatic rings. The van der Waals surface area contributed by atoms with Crippen LogP contribution in [-0.2, 0) is 10.0 Å². The van der Waals surface area contributed by atoms with Crippen molar-refractivity contribution in [1.29, 1.82) is 0 Å². The Kier molecular flexibility index (Phi) is 4.18. The van der Waals surface area contributed by atoms with Crippen LogP contribution < -0.4 is 0 Å². The summed E-state index contributed by atoms with van der Waals surface area (Å²) in [5, 5.41) is 8.94. The summed E-state index contributed by atoms with van der Waals surface area (Å²) >= 11 is 6.64. The first-order valence-electron chi connectivity index (χ1n) is 5.43. The summed E-state index contributed by atoms with van der Waals surface area (Å²) < 4.78 is 27.4. The van der Waals surface area contributed by atoms with Gasteiger partial charge in [-0.2, -0.15) is 4.31 Å². The fourth-order valence-corrected chi connectivity index (χ4v) is 5.03. The van der Waals surface area contributed by atoms with E-state index in [4.69, 9.17) is 5.11 Å². The third-order valence-electron chi connectivity index (χ3n) is 3.01. The van der Waals surface area contributed by atoms with Gasteiger partial charge in [-0.25, -0.2) is 8.42 Å². The Morgan fingerprint density at radius 1 is 1.33 bits per heavy atom. The molecule has 4 nitrogen and oxygen atoms in total. The molecule has 0 amide bonds. The Morgan fingerprint density at radius 3 is 2.50 bits per heavy atom. The summed E-state index contributed by atoms with van der Waals surface area (Å²) in [6.45, 7) is 2.70. The Hall–Kier alpha value is 0.0500. The lowest BCUT2D eigenvalue weighted by Crippen LogP contribution is -2.51. The molecule has 1 aliphatic heterocycles. The molecule has 18 heavy (non-hydrogen) atoms. The van der Waals surface area contributed by atoms with Crippen molar-refractivity contribution in [2.45, 2.75) is 11.8 Å². The Morgan fingerprint density at radius 2 is 1.94 bits per heavy atom. The molecule has 0 bridgehead atoms. The zero-order valence-corrected chi connectivity index (χ0v) is 13.7. The van der Waals surface area contributed by atoms with Crippen molar-refractivity contribution in [2.75, 3.05) is 19.7 Å². The SMILES string of the molecule is Cc1cc(Br)c(S(=O)(=O)N2CC(CO)C2)cc1Br. The molecule has 0 saturated carbocycles. The number of halogens is 2. The molecule has 0 spiro atoms. The molecule has 1 heterocycles. The quantitative estimate of drug-likeness (QED) is 0.848. The summed E-state index contributed by atoms with van der Waals surface area (Å²) in [7, 11) is -3.47. The van der Waals surface area contributed by atoms with Gasteiger partial charge >= 0.3 is 0 Å². The Bertz CT molecular complexity index is 568. The minimum absolute atomic E-state index is 0.0325. The summed E-state index contributed by atoms with van der Waals surface area (Å²) in [4.78, 5) is 0.261. The maximum atomic E-state index is 12.4. The van der Waals surface area contributed by atoms with E-state index in [0.29, 0.717) is 17.6 Å². The molecule has 0 aromatic heterocycles. The normalized spacial score (nSPS) is 17.8. The molecule has 1 saturated heterocycles. The van der Waals surface area contributed by atoms with Gasteiger partial charge in [0.25, 0.3) is 0 Å². The van der Waals surface area contributed by atoms with E-state index in [2.05, 4.69) is 31.9 Å². The van der Waals surface area contributed by atoms with Crippen LogP contribution in [0, 0.1) is 12.8 Å². The van der Waals surface area contributed by atoms with Gasteiger partial charge in [0.05, 0.1) is 4.90 Å². The number of benzene rings is 1. The van der Waals surface area contributed by atoms with Crippen LogP contribution in [0.4, 0.5) is 0 Å². The lowest BCUT2D eigenvalue weighted by molar-refractivity contribution is 0.117. The fraction of sp³-hybridized carbons (Fsp3) is 0.455. The van der Waals surface area contributed by atoms with E-state index in [9.17, 15) is 8.42 Å². The molecule has 2 rings (SSSR count). The average Bonchev–Trinajstić information content (AvgIpc) is 2.21. The van der Waals surface area contributed by atoms with Crippen molar-refractivity contribution in [1.82, 2.24) is 4.31 Å². The van der Waals surface area contributed by atoms with Gasteiger partial charge in [-0.05, 0) is 40.5 Å². The summed E-state index contributed by atoms with van der Waals surface area (Å²) in [6, 6.07) is 3.39. The topological polar surface area (TPSA) is 57.6 Å². The van der Waals surface area contributed by atoms with Crippen LogP contribution in [0.1, 0.15) is 5.56 Å².